The molecule has 0 atom stereocenters. The standard InChI is InChI=1S/C19H20ClN3O3/c1-13-3-6-17(14(2)11-13)21-7-9-22(10-8-21)19(24)15-4-5-16(20)18(12-15)23(25)26/h3-6,11-12H,7-10H2,1-2H3. The third kappa shape index (κ3) is 3.65. The van der Waals surface area contributed by atoms with Crippen LogP contribution in [-0.4, -0.2) is 41.9 Å². The van der Waals surface area contributed by atoms with Crippen molar-refractivity contribution in [3.63, 3.8) is 0 Å². The van der Waals surface area contributed by atoms with Gasteiger partial charge in [0.15, 0.2) is 0 Å². The van der Waals surface area contributed by atoms with Crippen LogP contribution in [0.4, 0.5) is 11.4 Å². The number of benzene rings is 2. The Hall–Kier alpha value is -2.60. The summed E-state index contributed by atoms with van der Waals surface area (Å²) in [6.07, 6.45) is 0. The van der Waals surface area contributed by atoms with E-state index in [0.29, 0.717) is 18.7 Å². The summed E-state index contributed by atoms with van der Waals surface area (Å²) in [4.78, 5) is 27.1. The number of amides is 1. The van der Waals surface area contributed by atoms with Gasteiger partial charge in [0.25, 0.3) is 11.6 Å². The van der Waals surface area contributed by atoms with Gasteiger partial charge in [-0.15, -0.1) is 0 Å². The summed E-state index contributed by atoms with van der Waals surface area (Å²) in [7, 11) is 0. The molecule has 1 aliphatic rings. The first-order valence-electron chi connectivity index (χ1n) is 8.42. The minimum atomic E-state index is -0.572. The van der Waals surface area contributed by atoms with E-state index in [1.807, 2.05) is 0 Å². The van der Waals surface area contributed by atoms with Crippen molar-refractivity contribution in [2.24, 2.45) is 0 Å². The van der Waals surface area contributed by atoms with E-state index in [-0.39, 0.29) is 16.6 Å². The third-order valence-electron chi connectivity index (χ3n) is 4.65. The fraction of sp³-hybridized carbons (Fsp3) is 0.316. The van der Waals surface area contributed by atoms with Crippen molar-refractivity contribution in [1.82, 2.24) is 4.90 Å². The smallest absolute Gasteiger partial charge is 0.288 e. The summed E-state index contributed by atoms with van der Waals surface area (Å²) >= 11 is 5.82. The highest BCUT2D eigenvalue weighted by molar-refractivity contribution is 6.32. The predicted molar refractivity (Wildman–Crippen MR) is 102 cm³/mol. The first-order chi connectivity index (χ1) is 12.4. The van der Waals surface area contributed by atoms with E-state index in [0.717, 1.165) is 13.1 Å². The lowest BCUT2D eigenvalue weighted by molar-refractivity contribution is -0.384. The number of anilines is 1. The largest absolute Gasteiger partial charge is 0.368 e. The van der Waals surface area contributed by atoms with E-state index in [4.69, 9.17) is 11.6 Å². The minimum Gasteiger partial charge on any atom is -0.368 e. The van der Waals surface area contributed by atoms with Crippen LogP contribution in [0.25, 0.3) is 0 Å². The van der Waals surface area contributed by atoms with Gasteiger partial charge in [-0.25, -0.2) is 0 Å². The molecular formula is C19H20ClN3O3. The molecular weight excluding hydrogens is 354 g/mol. The number of hydrogen-bond donors (Lipinski definition) is 0. The maximum Gasteiger partial charge on any atom is 0.288 e. The first kappa shape index (κ1) is 18.2. The average molecular weight is 374 g/mol. The molecule has 0 aromatic heterocycles. The molecule has 1 fully saturated rings. The van der Waals surface area contributed by atoms with Crippen molar-refractivity contribution < 1.29 is 9.72 Å². The second-order valence-electron chi connectivity index (χ2n) is 6.49. The third-order valence-corrected chi connectivity index (χ3v) is 4.97. The highest BCUT2D eigenvalue weighted by Crippen LogP contribution is 2.27. The Morgan fingerprint density at radius 1 is 1.08 bits per heavy atom. The molecule has 0 N–H and O–H groups in total. The van der Waals surface area contributed by atoms with Gasteiger partial charge in [-0.05, 0) is 37.6 Å². The molecule has 1 amide bonds. The molecule has 0 aliphatic carbocycles. The van der Waals surface area contributed by atoms with Crippen molar-refractivity contribution in [1.29, 1.82) is 0 Å². The molecule has 0 unspecified atom stereocenters. The minimum absolute atomic E-state index is 0.0335. The molecule has 2 aromatic rings. The van der Waals surface area contributed by atoms with Gasteiger partial charge in [0.1, 0.15) is 5.02 Å². The number of rotatable bonds is 3. The van der Waals surface area contributed by atoms with Gasteiger partial charge in [-0.2, -0.15) is 0 Å². The van der Waals surface area contributed by atoms with Crippen molar-refractivity contribution >= 4 is 28.9 Å². The topological polar surface area (TPSA) is 66.7 Å². The van der Waals surface area contributed by atoms with Crippen LogP contribution in [0, 0.1) is 24.0 Å². The van der Waals surface area contributed by atoms with Gasteiger partial charge in [-0.1, -0.05) is 29.3 Å². The number of nitrogens with zero attached hydrogens (tertiary/aromatic N) is 3. The Morgan fingerprint density at radius 3 is 2.38 bits per heavy atom. The van der Waals surface area contributed by atoms with Crippen LogP contribution in [0.5, 0.6) is 0 Å². The Morgan fingerprint density at radius 2 is 1.77 bits per heavy atom. The van der Waals surface area contributed by atoms with Crippen molar-refractivity contribution in [3.8, 4) is 0 Å². The SMILES string of the molecule is Cc1ccc(N2CCN(C(=O)c3ccc(Cl)c([N+](=O)[O-])c3)CC2)c(C)c1. The fourth-order valence-electron chi connectivity index (χ4n) is 3.28. The summed E-state index contributed by atoms with van der Waals surface area (Å²) < 4.78 is 0. The van der Waals surface area contributed by atoms with Crippen LogP contribution in [0.3, 0.4) is 0 Å². The number of nitro groups is 1. The zero-order chi connectivity index (χ0) is 18.8. The molecule has 1 aliphatic heterocycles. The molecule has 0 radical (unpaired) electrons. The molecule has 136 valence electrons. The number of carbonyl (C=O) groups excluding carboxylic acids is 1. The molecule has 1 heterocycles. The number of nitro benzene ring substituents is 1. The van der Waals surface area contributed by atoms with Crippen LogP contribution < -0.4 is 4.90 Å². The monoisotopic (exact) mass is 373 g/mol. The molecule has 0 saturated carbocycles. The van der Waals surface area contributed by atoms with Crippen molar-refractivity contribution in [3.05, 3.63) is 68.2 Å². The molecule has 6 nitrogen and oxygen atoms in total. The van der Waals surface area contributed by atoms with E-state index in [9.17, 15) is 14.9 Å². The molecule has 1 saturated heterocycles. The maximum atomic E-state index is 12.7. The summed E-state index contributed by atoms with van der Waals surface area (Å²) in [6, 6.07) is 10.5. The molecule has 3 rings (SSSR count). The number of hydrogen-bond acceptors (Lipinski definition) is 4. The van der Waals surface area contributed by atoms with Gasteiger partial charge in [0.2, 0.25) is 0 Å². The average Bonchev–Trinajstić information content (AvgIpc) is 2.61. The summed E-state index contributed by atoms with van der Waals surface area (Å²) in [5.74, 6) is -0.204. The first-order valence-corrected chi connectivity index (χ1v) is 8.80. The maximum absolute atomic E-state index is 12.7. The van der Waals surface area contributed by atoms with Crippen LogP contribution >= 0.6 is 11.6 Å². The lowest BCUT2D eigenvalue weighted by Gasteiger charge is -2.37. The fourth-order valence-corrected chi connectivity index (χ4v) is 3.47. The Kier molecular flexibility index (Phi) is 5.13. The highest BCUT2D eigenvalue weighted by atomic mass is 35.5. The van der Waals surface area contributed by atoms with E-state index >= 15 is 0 Å². The number of aryl methyl sites for hydroxylation is 2. The second-order valence-corrected chi connectivity index (χ2v) is 6.90. The van der Waals surface area contributed by atoms with Gasteiger partial charge < -0.3 is 9.80 Å². The Bertz CT molecular complexity index is 861. The van der Waals surface area contributed by atoms with Crippen LogP contribution in [0.15, 0.2) is 36.4 Å². The number of carbonyl (C=O) groups is 1. The Labute approximate surface area is 157 Å². The van der Waals surface area contributed by atoms with Gasteiger partial charge in [-0.3, -0.25) is 14.9 Å². The van der Waals surface area contributed by atoms with E-state index in [2.05, 4.69) is 36.9 Å². The molecule has 2 aromatic carbocycles. The summed E-state index contributed by atoms with van der Waals surface area (Å²) in [5.41, 5.74) is 3.68. The van der Waals surface area contributed by atoms with E-state index < -0.39 is 4.92 Å². The zero-order valence-electron chi connectivity index (χ0n) is 14.7. The normalized spacial score (nSPS) is 14.4. The van der Waals surface area contributed by atoms with Crippen LogP contribution in [0.1, 0.15) is 21.5 Å². The molecule has 7 heteroatoms. The second kappa shape index (κ2) is 7.33. The summed E-state index contributed by atoms with van der Waals surface area (Å²) in [6.45, 7) is 6.76. The molecule has 0 spiro atoms. The van der Waals surface area contributed by atoms with Gasteiger partial charge in [0, 0.05) is 43.5 Å². The van der Waals surface area contributed by atoms with Gasteiger partial charge >= 0.3 is 0 Å². The lowest BCUT2D eigenvalue weighted by Crippen LogP contribution is -2.49. The van der Waals surface area contributed by atoms with Crippen molar-refractivity contribution in [2.45, 2.75) is 13.8 Å². The van der Waals surface area contributed by atoms with Crippen LogP contribution in [-0.2, 0) is 0 Å². The van der Waals surface area contributed by atoms with Gasteiger partial charge in [0.05, 0.1) is 4.92 Å². The predicted octanol–water partition coefficient (Wildman–Crippen LogP) is 3.83. The summed E-state index contributed by atoms with van der Waals surface area (Å²) in [5, 5.41) is 11.1. The highest BCUT2D eigenvalue weighted by Gasteiger charge is 2.25. The van der Waals surface area contributed by atoms with Crippen molar-refractivity contribution in [2.75, 3.05) is 31.1 Å². The van der Waals surface area contributed by atoms with E-state index in [1.165, 1.54) is 35.0 Å². The number of halogens is 1. The Balaban J connectivity index is 1.71. The van der Waals surface area contributed by atoms with E-state index in [1.54, 1.807) is 4.90 Å². The number of piperazine rings is 1. The molecule has 0 bridgehead atoms. The quantitative estimate of drug-likeness (QED) is 0.605. The lowest BCUT2D eigenvalue weighted by atomic mass is 10.1. The van der Waals surface area contributed by atoms with Crippen LogP contribution in [0.2, 0.25) is 5.02 Å². The zero-order valence-corrected chi connectivity index (χ0v) is 15.5. The molecule has 26 heavy (non-hydrogen) atoms.